The molecule has 0 aliphatic heterocycles. The zero-order chi connectivity index (χ0) is 24.6. The molecule has 11 nitrogen and oxygen atoms in total. The van der Waals surface area contributed by atoms with Gasteiger partial charge in [0.1, 0.15) is 30.3 Å². The molecule has 0 amide bonds. The standard InChI is InChI=1S/C22H23N3O8S/c1-2-31-21-8-4-3-6-16(21)15-33-22(26)14-24-34(29,30)18-9-10-19(20(12-18)25(27)28)23-13-17-7-5-11-32-17/h3-12,23-24H,2,13-15H2,1H3. The number of sulfonamides is 1. The van der Waals surface area contributed by atoms with Gasteiger partial charge in [0.05, 0.1) is 29.2 Å². The first kappa shape index (κ1) is 24.7. The number of ether oxygens (including phenoxy) is 2. The Morgan fingerprint density at radius 1 is 1.15 bits per heavy atom. The third-order valence-electron chi connectivity index (χ3n) is 4.58. The van der Waals surface area contributed by atoms with Crippen molar-refractivity contribution in [1.29, 1.82) is 0 Å². The van der Waals surface area contributed by atoms with E-state index in [1.54, 1.807) is 36.4 Å². The molecule has 3 aromatic rings. The highest BCUT2D eigenvalue weighted by Gasteiger charge is 2.22. The summed E-state index contributed by atoms with van der Waals surface area (Å²) in [6, 6.07) is 13.7. The van der Waals surface area contributed by atoms with Gasteiger partial charge in [-0.2, -0.15) is 4.72 Å². The van der Waals surface area contributed by atoms with Gasteiger partial charge in [0.2, 0.25) is 10.0 Å². The molecule has 3 rings (SSSR count). The van der Waals surface area contributed by atoms with Crippen LogP contribution in [0.5, 0.6) is 5.75 Å². The molecule has 0 aliphatic rings. The van der Waals surface area contributed by atoms with Crippen LogP contribution in [0.4, 0.5) is 11.4 Å². The Balaban J connectivity index is 1.62. The Morgan fingerprint density at radius 3 is 2.65 bits per heavy atom. The van der Waals surface area contributed by atoms with Crippen LogP contribution in [0.2, 0.25) is 0 Å². The lowest BCUT2D eigenvalue weighted by molar-refractivity contribution is -0.384. The number of nitrogens with one attached hydrogen (secondary N) is 2. The largest absolute Gasteiger partial charge is 0.493 e. The van der Waals surface area contributed by atoms with Gasteiger partial charge in [-0.05, 0) is 37.3 Å². The Kier molecular flexibility index (Phi) is 8.22. The van der Waals surface area contributed by atoms with Crippen LogP contribution >= 0.6 is 0 Å². The van der Waals surface area contributed by atoms with Crippen molar-refractivity contribution in [2.24, 2.45) is 0 Å². The first-order valence-corrected chi connectivity index (χ1v) is 11.7. The number of benzene rings is 2. The Morgan fingerprint density at radius 2 is 1.94 bits per heavy atom. The SMILES string of the molecule is CCOc1ccccc1COC(=O)CNS(=O)(=O)c1ccc(NCc2ccco2)c([N+](=O)[O-])c1. The lowest BCUT2D eigenvalue weighted by Crippen LogP contribution is -2.30. The van der Waals surface area contributed by atoms with Crippen LogP contribution in [0.15, 0.2) is 70.2 Å². The highest BCUT2D eigenvalue weighted by atomic mass is 32.2. The minimum Gasteiger partial charge on any atom is -0.493 e. The van der Waals surface area contributed by atoms with Crippen molar-refractivity contribution in [3.05, 3.63) is 82.3 Å². The molecule has 0 aliphatic carbocycles. The minimum atomic E-state index is -4.21. The van der Waals surface area contributed by atoms with E-state index in [1.807, 2.05) is 6.92 Å². The van der Waals surface area contributed by atoms with Crippen molar-refractivity contribution in [1.82, 2.24) is 4.72 Å². The van der Waals surface area contributed by atoms with Gasteiger partial charge in [0.15, 0.2) is 0 Å². The van der Waals surface area contributed by atoms with Crippen molar-refractivity contribution >= 4 is 27.4 Å². The summed E-state index contributed by atoms with van der Waals surface area (Å²) in [7, 11) is -4.21. The highest BCUT2D eigenvalue weighted by molar-refractivity contribution is 7.89. The van der Waals surface area contributed by atoms with Crippen LogP contribution in [0, 0.1) is 10.1 Å². The number of anilines is 1. The molecular weight excluding hydrogens is 466 g/mol. The predicted molar refractivity (Wildman–Crippen MR) is 122 cm³/mol. The molecule has 1 heterocycles. The lowest BCUT2D eigenvalue weighted by atomic mass is 10.2. The van der Waals surface area contributed by atoms with E-state index in [0.717, 1.165) is 6.07 Å². The third-order valence-corrected chi connectivity index (χ3v) is 5.98. The number of esters is 1. The Labute approximate surface area is 195 Å². The number of hydrogen-bond donors (Lipinski definition) is 2. The van der Waals surface area contributed by atoms with E-state index in [4.69, 9.17) is 13.9 Å². The molecule has 0 unspecified atom stereocenters. The maximum atomic E-state index is 12.6. The number of rotatable bonds is 12. The summed E-state index contributed by atoms with van der Waals surface area (Å²) in [6.45, 7) is 1.69. The summed E-state index contributed by atoms with van der Waals surface area (Å²) in [5, 5.41) is 14.3. The van der Waals surface area contributed by atoms with Crippen LogP contribution in [0.25, 0.3) is 0 Å². The van der Waals surface area contributed by atoms with Gasteiger partial charge in [0, 0.05) is 11.6 Å². The van der Waals surface area contributed by atoms with Crippen molar-refractivity contribution in [3.8, 4) is 5.75 Å². The number of nitrogens with zero attached hydrogens (tertiary/aromatic N) is 1. The molecule has 0 radical (unpaired) electrons. The number of nitro benzene ring substituents is 1. The van der Waals surface area contributed by atoms with E-state index < -0.39 is 33.1 Å². The molecule has 0 bridgehead atoms. The van der Waals surface area contributed by atoms with Gasteiger partial charge in [-0.25, -0.2) is 8.42 Å². The first-order chi connectivity index (χ1) is 16.3. The summed E-state index contributed by atoms with van der Waals surface area (Å²) >= 11 is 0. The second-order valence-corrected chi connectivity index (χ2v) is 8.66. The third kappa shape index (κ3) is 6.56. The van der Waals surface area contributed by atoms with E-state index in [1.165, 1.54) is 18.4 Å². The molecular formula is C22H23N3O8S. The summed E-state index contributed by atoms with van der Waals surface area (Å²) in [6.07, 6.45) is 1.47. The van der Waals surface area contributed by atoms with Crippen LogP contribution in [-0.2, 0) is 32.7 Å². The van der Waals surface area contributed by atoms with Crippen molar-refractivity contribution in [2.45, 2.75) is 25.0 Å². The fourth-order valence-corrected chi connectivity index (χ4v) is 3.93. The van der Waals surface area contributed by atoms with Crippen molar-refractivity contribution < 1.29 is 32.0 Å². The monoisotopic (exact) mass is 489 g/mol. The average molecular weight is 490 g/mol. The van der Waals surface area contributed by atoms with Crippen LogP contribution in [0.3, 0.4) is 0 Å². The fraction of sp³-hybridized carbons (Fsp3) is 0.227. The molecule has 0 saturated heterocycles. The molecule has 0 fully saturated rings. The minimum absolute atomic E-state index is 0.0990. The summed E-state index contributed by atoms with van der Waals surface area (Å²) < 4.78 is 43.0. The van der Waals surface area contributed by atoms with E-state index in [9.17, 15) is 23.3 Å². The molecule has 34 heavy (non-hydrogen) atoms. The zero-order valence-corrected chi connectivity index (χ0v) is 19.0. The fourth-order valence-electron chi connectivity index (χ4n) is 2.94. The molecule has 2 aromatic carbocycles. The molecule has 12 heteroatoms. The first-order valence-electron chi connectivity index (χ1n) is 10.2. The van der Waals surface area contributed by atoms with Gasteiger partial charge < -0.3 is 19.2 Å². The highest BCUT2D eigenvalue weighted by Crippen LogP contribution is 2.28. The maximum absolute atomic E-state index is 12.6. The molecule has 180 valence electrons. The second-order valence-electron chi connectivity index (χ2n) is 6.89. The quantitative estimate of drug-likeness (QED) is 0.222. The summed E-state index contributed by atoms with van der Waals surface area (Å²) in [4.78, 5) is 22.5. The van der Waals surface area contributed by atoms with E-state index in [-0.39, 0.29) is 23.7 Å². The van der Waals surface area contributed by atoms with E-state index >= 15 is 0 Å². The number of hydrogen-bond acceptors (Lipinski definition) is 9. The van der Waals surface area contributed by atoms with Crippen LogP contribution in [-0.4, -0.2) is 32.5 Å². The smallest absolute Gasteiger partial charge is 0.321 e. The zero-order valence-electron chi connectivity index (χ0n) is 18.2. The molecule has 0 spiro atoms. The molecule has 2 N–H and O–H groups in total. The average Bonchev–Trinajstić information content (AvgIpc) is 3.34. The summed E-state index contributed by atoms with van der Waals surface area (Å²) in [5.74, 6) is 0.294. The van der Waals surface area contributed by atoms with Crippen LogP contribution in [0.1, 0.15) is 18.2 Å². The lowest BCUT2D eigenvalue weighted by Gasteiger charge is -2.11. The molecule has 0 atom stereocenters. The molecule has 1 aromatic heterocycles. The van der Waals surface area contributed by atoms with Crippen LogP contribution < -0.4 is 14.8 Å². The number of furan rings is 1. The van der Waals surface area contributed by atoms with E-state index in [2.05, 4.69) is 10.0 Å². The predicted octanol–water partition coefficient (Wildman–Crippen LogP) is 3.22. The topological polar surface area (TPSA) is 150 Å². The van der Waals surface area contributed by atoms with Gasteiger partial charge in [-0.1, -0.05) is 18.2 Å². The van der Waals surface area contributed by atoms with Gasteiger partial charge in [0.25, 0.3) is 5.69 Å². The van der Waals surface area contributed by atoms with Gasteiger partial charge >= 0.3 is 5.97 Å². The Bertz CT molecular complexity index is 1240. The normalized spacial score (nSPS) is 11.1. The number of carbonyl (C=O) groups is 1. The number of nitro groups is 1. The molecule has 0 saturated carbocycles. The number of para-hydroxylation sites is 1. The summed E-state index contributed by atoms with van der Waals surface area (Å²) in [5.41, 5.74) is 0.311. The van der Waals surface area contributed by atoms with Crippen molar-refractivity contribution in [2.75, 3.05) is 18.5 Å². The van der Waals surface area contributed by atoms with Gasteiger partial charge in [-0.3, -0.25) is 14.9 Å². The van der Waals surface area contributed by atoms with E-state index in [0.29, 0.717) is 23.7 Å². The van der Waals surface area contributed by atoms with Gasteiger partial charge in [-0.15, -0.1) is 0 Å². The second kappa shape index (κ2) is 11.3. The maximum Gasteiger partial charge on any atom is 0.321 e. The number of carbonyl (C=O) groups excluding carboxylic acids is 1. The van der Waals surface area contributed by atoms with Crippen molar-refractivity contribution in [3.63, 3.8) is 0 Å². The Hall–Kier alpha value is -3.90.